The van der Waals surface area contributed by atoms with Crippen molar-refractivity contribution in [1.29, 1.82) is 10.5 Å². The van der Waals surface area contributed by atoms with Crippen LogP contribution in [0.15, 0.2) is 179 Å². The largest absolute Gasteiger partial charge is 0.456 e. The van der Waals surface area contributed by atoms with E-state index in [1.165, 1.54) is 0 Å². The van der Waals surface area contributed by atoms with Crippen LogP contribution in [0.25, 0.3) is 110 Å². The Balaban J connectivity index is 1.17. The zero-order valence-corrected chi connectivity index (χ0v) is 30.5. The van der Waals surface area contributed by atoms with Crippen LogP contribution in [-0.4, -0.2) is 9.13 Å². The predicted octanol–water partition coefficient (Wildman–Crippen LogP) is 13.7. The van der Waals surface area contributed by atoms with Crippen LogP contribution in [0.2, 0.25) is 0 Å². The van der Waals surface area contributed by atoms with E-state index in [1.54, 1.807) is 12.2 Å². The average Bonchev–Trinajstić information content (AvgIpc) is 3.99. The third kappa shape index (κ3) is 4.88. The summed E-state index contributed by atoms with van der Waals surface area (Å²) in [5.74, 6) is 0. The first-order valence-electron chi connectivity index (χ1n) is 18.8. The third-order valence-corrected chi connectivity index (χ3v) is 11.2. The number of benzene rings is 7. The summed E-state index contributed by atoms with van der Waals surface area (Å²) in [6.07, 6.45) is 5.37. The molecule has 0 aliphatic heterocycles. The molecule has 0 saturated heterocycles. The zero-order chi connectivity index (χ0) is 38.2. The van der Waals surface area contributed by atoms with Crippen molar-refractivity contribution >= 4 is 93.2 Å². The Morgan fingerprint density at radius 3 is 1.72 bits per heavy atom. The Morgan fingerprint density at radius 2 is 1.09 bits per heavy atom. The molecule has 6 nitrogen and oxygen atoms in total. The van der Waals surface area contributed by atoms with Crippen molar-refractivity contribution in [3.05, 3.63) is 170 Å². The van der Waals surface area contributed by atoms with E-state index in [4.69, 9.17) is 8.83 Å². The fourth-order valence-corrected chi connectivity index (χ4v) is 8.61. The van der Waals surface area contributed by atoms with Crippen molar-refractivity contribution in [3.8, 4) is 29.0 Å². The van der Waals surface area contributed by atoms with Gasteiger partial charge in [0, 0.05) is 72.2 Å². The Kier molecular flexibility index (Phi) is 7.10. The second kappa shape index (κ2) is 12.5. The molecular formula is C51H30N4O2. The van der Waals surface area contributed by atoms with Crippen molar-refractivity contribution in [1.82, 2.24) is 9.13 Å². The molecule has 6 heteroatoms. The van der Waals surface area contributed by atoms with Gasteiger partial charge in [-0.25, -0.2) is 0 Å². The summed E-state index contributed by atoms with van der Waals surface area (Å²) in [5.41, 5.74) is 11.9. The van der Waals surface area contributed by atoms with Crippen LogP contribution in [0.4, 0.5) is 0 Å². The minimum absolute atomic E-state index is 0.0332. The SMILES string of the molecule is C=C/C(=C\C=C(\C#N)CC#N)n1c2ccc(-c3ccc4c(c3)c3cc5c(cc3n4-c3ccccc3)oc3ccccc35)cc2c2cc3c(cc21)oc1ccccc13. The highest BCUT2D eigenvalue weighted by molar-refractivity contribution is 6.20. The Morgan fingerprint density at radius 1 is 0.526 bits per heavy atom. The van der Waals surface area contributed by atoms with Crippen molar-refractivity contribution in [2.75, 3.05) is 0 Å². The fourth-order valence-electron chi connectivity index (χ4n) is 8.61. The van der Waals surface area contributed by atoms with Gasteiger partial charge in [0.05, 0.1) is 40.6 Å². The lowest BCUT2D eigenvalue weighted by molar-refractivity contribution is 0.669. The third-order valence-electron chi connectivity index (χ3n) is 11.2. The van der Waals surface area contributed by atoms with Gasteiger partial charge in [-0.3, -0.25) is 0 Å². The molecule has 7 aromatic carbocycles. The van der Waals surface area contributed by atoms with Gasteiger partial charge in [0.15, 0.2) is 0 Å². The maximum absolute atomic E-state index is 9.66. The molecule has 57 heavy (non-hydrogen) atoms. The molecule has 0 saturated carbocycles. The number of fused-ring (bicyclic) bond motifs is 12. The molecule has 4 aromatic heterocycles. The van der Waals surface area contributed by atoms with Gasteiger partial charge in [-0.1, -0.05) is 73.3 Å². The van der Waals surface area contributed by atoms with Crippen LogP contribution in [0, 0.1) is 22.7 Å². The summed E-state index contributed by atoms with van der Waals surface area (Å²) >= 11 is 0. The molecule has 0 aliphatic rings. The number of para-hydroxylation sites is 3. The van der Waals surface area contributed by atoms with Gasteiger partial charge in [0.1, 0.15) is 22.3 Å². The van der Waals surface area contributed by atoms with E-state index in [0.717, 1.165) is 110 Å². The minimum Gasteiger partial charge on any atom is -0.456 e. The summed E-state index contributed by atoms with van der Waals surface area (Å²) in [6.45, 7) is 4.15. The molecule has 0 unspecified atom stereocenters. The molecule has 11 rings (SSSR count). The van der Waals surface area contributed by atoms with Gasteiger partial charge in [0.2, 0.25) is 0 Å². The lowest BCUT2D eigenvalue weighted by atomic mass is 10.00. The van der Waals surface area contributed by atoms with E-state index < -0.39 is 0 Å². The number of aromatic nitrogens is 2. The second-order valence-electron chi connectivity index (χ2n) is 14.3. The number of hydrogen-bond donors (Lipinski definition) is 0. The van der Waals surface area contributed by atoms with Crippen LogP contribution in [-0.2, 0) is 0 Å². The Bertz CT molecular complexity index is 3650. The fraction of sp³-hybridized carbons (Fsp3) is 0.0196. The van der Waals surface area contributed by atoms with E-state index in [9.17, 15) is 10.5 Å². The van der Waals surface area contributed by atoms with Gasteiger partial charge in [-0.15, -0.1) is 0 Å². The van der Waals surface area contributed by atoms with E-state index in [-0.39, 0.29) is 6.42 Å². The molecule has 0 atom stereocenters. The Labute approximate surface area is 325 Å². The number of hydrogen-bond acceptors (Lipinski definition) is 4. The van der Waals surface area contributed by atoms with Gasteiger partial charge in [-0.2, -0.15) is 10.5 Å². The molecule has 0 aliphatic carbocycles. The standard InChI is InChI=1S/C51H30N4O2/c1-2-34(19-16-31(30-53)22-23-52)54-44-20-17-32(24-38(44)40-26-42-36-12-6-8-14-48(36)56-50(42)28-46(40)54)33-18-21-45-39(25-33)41-27-43-37-13-7-9-15-49(37)57-51(43)29-47(41)55(45)35-10-4-3-5-11-35/h2-21,24-29H,1,22H2/b31-16+,34-19+. The van der Waals surface area contributed by atoms with Crippen molar-refractivity contribution in [2.45, 2.75) is 6.42 Å². The van der Waals surface area contributed by atoms with Crippen LogP contribution >= 0.6 is 0 Å². The highest BCUT2D eigenvalue weighted by atomic mass is 16.3. The van der Waals surface area contributed by atoms with Crippen LogP contribution in [0.5, 0.6) is 0 Å². The molecule has 0 radical (unpaired) electrons. The quantitative estimate of drug-likeness (QED) is 0.126. The maximum Gasteiger partial charge on any atom is 0.137 e. The van der Waals surface area contributed by atoms with E-state index >= 15 is 0 Å². The lowest BCUT2D eigenvalue weighted by Crippen LogP contribution is -1.94. The molecule has 266 valence electrons. The van der Waals surface area contributed by atoms with Gasteiger partial charge < -0.3 is 18.0 Å². The Hall–Kier alpha value is -8.06. The first-order chi connectivity index (χ1) is 28.1. The topological polar surface area (TPSA) is 83.7 Å². The number of nitriles is 2. The van der Waals surface area contributed by atoms with Crippen molar-refractivity contribution < 1.29 is 8.83 Å². The van der Waals surface area contributed by atoms with Gasteiger partial charge in [-0.05, 0) is 90.0 Å². The molecule has 0 bridgehead atoms. The average molecular weight is 731 g/mol. The van der Waals surface area contributed by atoms with Gasteiger partial charge in [0.25, 0.3) is 0 Å². The van der Waals surface area contributed by atoms with Crippen molar-refractivity contribution in [3.63, 3.8) is 0 Å². The second-order valence-corrected chi connectivity index (χ2v) is 14.3. The van der Waals surface area contributed by atoms with Crippen molar-refractivity contribution in [2.24, 2.45) is 0 Å². The summed E-state index contributed by atoms with van der Waals surface area (Å²) in [5, 5.41) is 27.7. The summed E-state index contributed by atoms with van der Waals surface area (Å²) in [7, 11) is 0. The number of allylic oxidation sites excluding steroid dienone is 5. The lowest BCUT2D eigenvalue weighted by Gasteiger charge is -2.10. The molecule has 4 heterocycles. The van der Waals surface area contributed by atoms with Crippen LogP contribution in [0.3, 0.4) is 0 Å². The highest BCUT2D eigenvalue weighted by Crippen LogP contribution is 2.42. The molecule has 0 spiro atoms. The predicted molar refractivity (Wildman–Crippen MR) is 232 cm³/mol. The molecule has 0 amide bonds. The molecule has 11 aromatic rings. The molecule has 0 fully saturated rings. The minimum atomic E-state index is 0.0332. The van der Waals surface area contributed by atoms with E-state index in [0.29, 0.717) is 5.57 Å². The van der Waals surface area contributed by atoms with E-state index in [1.807, 2.05) is 42.5 Å². The van der Waals surface area contributed by atoms with E-state index in [2.05, 4.69) is 131 Å². The maximum atomic E-state index is 9.66. The van der Waals surface area contributed by atoms with Crippen LogP contribution < -0.4 is 0 Å². The summed E-state index contributed by atoms with van der Waals surface area (Å²) in [4.78, 5) is 0. The number of nitrogens with zero attached hydrogens (tertiary/aromatic N) is 4. The summed E-state index contributed by atoms with van der Waals surface area (Å²) < 4.78 is 17.2. The zero-order valence-electron chi connectivity index (χ0n) is 30.5. The normalized spacial score (nSPS) is 12.5. The molecular weight excluding hydrogens is 701 g/mol. The number of furan rings is 2. The first kappa shape index (κ1) is 32.4. The van der Waals surface area contributed by atoms with Gasteiger partial charge >= 0.3 is 0 Å². The first-order valence-corrected chi connectivity index (χ1v) is 18.8. The monoisotopic (exact) mass is 730 g/mol. The van der Waals surface area contributed by atoms with Crippen LogP contribution in [0.1, 0.15) is 6.42 Å². The summed E-state index contributed by atoms with van der Waals surface area (Å²) in [6, 6.07) is 53.2. The highest BCUT2D eigenvalue weighted by Gasteiger charge is 2.20. The smallest absolute Gasteiger partial charge is 0.137 e. The number of rotatable bonds is 6. The molecule has 0 N–H and O–H groups in total.